The number of hydrogen-bond donors (Lipinski definition) is 3. The van der Waals surface area contributed by atoms with Crippen molar-refractivity contribution in [3.05, 3.63) is 65.7 Å². The second-order valence-corrected chi connectivity index (χ2v) is 7.95. The first-order valence-corrected chi connectivity index (χ1v) is 9.82. The molecule has 2 rings (SSSR count). The molecule has 0 aromatic heterocycles. The van der Waals surface area contributed by atoms with E-state index in [4.69, 9.17) is 9.47 Å². The highest BCUT2D eigenvalue weighted by atomic mass is 16.6. The standard InChI is InChI=1S/C23H32N2O4/c1-23(2,3)29-22(27)25-19(14-17-10-6-5-7-11-17)20(26)16-24-15-18-12-8-9-13-21(18)28-4/h5-13,19-20,24,26H,14-16H2,1-4H3,(H,25,27)/t19-,20+/m0/s1. The van der Waals surface area contributed by atoms with Crippen molar-refractivity contribution in [2.24, 2.45) is 0 Å². The van der Waals surface area contributed by atoms with E-state index in [9.17, 15) is 9.90 Å². The fraction of sp³-hybridized carbons (Fsp3) is 0.435. The number of aliphatic hydroxyl groups excluding tert-OH is 1. The van der Waals surface area contributed by atoms with Crippen molar-refractivity contribution in [2.45, 2.75) is 51.5 Å². The van der Waals surface area contributed by atoms with E-state index < -0.39 is 23.8 Å². The molecule has 0 aliphatic rings. The van der Waals surface area contributed by atoms with Crippen molar-refractivity contribution in [2.75, 3.05) is 13.7 Å². The van der Waals surface area contributed by atoms with Crippen molar-refractivity contribution in [3.63, 3.8) is 0 Å². The Hall–Kier alpha value is -2.57. The molecule has 0 fully saturated rings. The number of benzene rings is 2. The molecule has 2 aromatic rings. The molecule has 0 saturated heterocycles. The molecule has 6 heteroatoms. The van der Waals surface area contributed by atoms with Crippen molar-refractivity contribution in [3.8, 4) is 5.75 Å². The first-order valence-electron chi connectivity index (χ1n) is 9.82. The van der Waals surface area contributed by atoms with Crippen LogP contribution in [0.2, 0.25) is 0 Å². The average Bonchev–Trinajstić information content (AvgIpc) is 2.67. The SMILES string of the molecule is COc1ccccc1CNC[C@@H](O)[C@H](Cc1ccccc1)NC(=O)OC(C)(C)C. The lowest BCUT2D eigenvalue weighted by molar-refractivity contribution is 0.0422. The first kappa shape index (κ1) is 22.7. The highest BCUT2D eigenvalue weighted by Gasteiger charge is 2.25. The zero-order valence-corrected chi connectivity index (χ0v) is 17.6. The minimum absolute atomic E-state index is 0.311. The molecular formula is C23H32N2O4. The summed E-state index contributed by atoms with van der Waals surface area (Å²) in [7, 11) is 1.63. The third kappa shape index (κ3) is 8.13. The summed E-state index contributed by atoms with van der Waals surface area (Å²) in [5.41, 5.74) is 1.42. The number of ether oxygens (including phenoxy) is 2. The smallest absolute Gasteiger partial charge is 0.407 e. The van der Waals surface area contributed by atoms with Gasteiger partial charge >= 0.3 is 6.09 Å². The van der Waals surface area contributed by atoms with Crippen molar-refractivity contribution >= 4 is 6.09 Å². The Morgan fingerprint density at radius 2 is 1.72 bits per heavy atom. The van der Waals surface area contributed by atoms with Crippen LogP contribution in [0.25, 0.3) is 0 Å². The molecule has 0 radical (unpaired) electrons. The van der Waals surface area contributed by atoms with Gasteiger partial charge in [-0.25, -0.2) is 4.79 Å². The Labute approximate surface area is 173 Å². The van der Waals surface area contributed by atoms with Crippen LogP contribution in [-0.4, -0.2) is 42.6 Å². The Balaban J connectivity index is 1.99. The van der Waals surface area contributed by atoms with Gasteiger partial charge in [-0.3, -0.25) is 0 Å². The summed E-state index contributed by atoms with van der Waals surface area (Å²) < 4.78 is 10.7. The van der Waals surface area contributed by atoms with Crippen molar-refractivity contribution < 1.29 is 19.4 Å². The fourth-order valence-electron chi connectivity index (χ4n) is 2.96. The molecular weight excluding hydrogens is 368 g/mol. The number of para-hydroxylation sites is 1. The number of aliphatic hydroxyl groups is 1. The van der Waals surface area contributed by atoms with Crippen LogP contribution in [0, 0.1) is 0 Å². The van der Waals surface area contributed by atoms with Crippen LogP contribution in [0.1, 0.15) is 31.9 Å². The Morgan fingerprint density at radius 3 is 2.38 bits per heavy atom. The Morgan fingerprint density at radius 1 is 1.07 bits per heavy atom. The van der Waals surface area contributed by atoms with Crippen LogP contribution in [0.3, 0.4) is 0 Å². The summed E-state index contributed by atoms with van der Waals surface area (Å²) in [6.45, 7) is 6.29. The minimum atomic E-state index is -0.794. The normalized spacial score (nSPS) is 13.4. The van der Waals surface area contributed by atoms with Crippen LogP contribution >= 0.6 is 0 Å². The number of nitrogens with one attached hydrogen (secondary N) is 2. The summed E-state index contributed by atoms with van der Waals surface area (Å²) in [5, 5.41) is 16.8. The van der Waals surface area contributed by atoms with Crippen molar-refractivity contribution in [1.29, 1.82) is 0 Å². The summed E-state index contributed by atoms with van der Waals surface area (Å²) in [6.07, 6.45) is -0.836. The van der Waals surface area contributed by atoms with Gasteiger partial charge in [0.25, 0.3) is 0 Å². The maximum Gasteiger partial charge on any atom is 0.407 e. The van der Waals surface area contributed by atoms with Gasteiger partial charge in [0.05, 0.1) is 19.3 Å². The Kier molecular flexibility index (Phi) is 8.49. The lowest BCUT2D eigenvalue weighted by Gasteiger charge is -2.27. The van der Waals surface area contributed by atoms with Crippen LogP contribution in [0.15, 0.2) is 54.6 Å². The van der Waals surface area contributed by atoms with Gasteiger partial charge in [0.1, 0.15) is 11.4 Å². The highest BCUT2D eigenvalue weighted by molar-refractivity contribution is 5.68. The zero-order valence-electron chi connectivity index (χ0n) is 17.6. The monoisotopic (exact) mass is 400 g/mol. The number of alkyl carbamates (subject to hydrolysis) is 1. The van der Waals surface area contributed by atoms with E-state index in [2.05, 4.69) is 10.6 Å². The van der Waals surface area contributed by atoms with E-state index in [0.29, 0.717) is 19.5 Å². The van der Waals surface area contributed by atoms with Crippen LogP contribution in [-0.2, 0) is 17.7 Å². The minimum Gasteiger partial charge on any atom is -0.496 e. The predicted molar refractivity (Wildman–Crippen MR) is 114 cm³/mol. The van der Waals surface area contributed by atoms with E-state index in [1.54, 1.807) is 7.11 Å². The first-order chi connectivity index (χ1) is 13.8. The van der Waals surface area contributed by atoms with Gasteiger partial charge in [-0.15, -0.1) is 0 Å². The number of carbonyl (C=O) groups excluding carboxylic acids is 1. The second kappa shape index (κ2) is 10.8. The quantitative estimate of drug-likeness (QED) is 0.602. The molecule has 3 N–H and O–H groups in total. The fourth-order valence-corrected chi connectivity index (χ4v) is 2.96. The lowest BCUT2D eigenvalue weighted by atomic mass is 10.0. The van der Waals surface area contributed by atoms with Gasteiger partial charge in [-0.1, -0.05) is 48.5 Å². The largest absolute Gasteiger partial charge is 0.496 e. The number of methoxy groups -OCH3 is 1. The van der Waals surface area contributed by atoms with Gasteiger partial charge < -0.3 is 25.2 Å². The summed E-state index contributed by atoms with van der Waals surface area (Å²) in [6, 6.07) is 17.0. The van der Waals surface area contributed by atoms with Crippen LogP contribution in [0.4, 0.5) is 4.79 Å². The van der Waals surface area contributed by atoms with Crippen molar-refractivity contribution in [1.82, 2.24) is 10.6 Å². The third-order valence-electron chi connectivity index (χ3n) is 4.33. The lowest BCUT2D eigenvalue weighted by Crippen LogP contribution is -2.49. The second-order valence-electron chi connectivity index (χ2n) is 7.95. The molecule has 2 atom stereocenters. The Bertz CT molecular complexity index is 759. The molecule has 6 nitrogen and oxygen atoms in total. The molecule has 0 spiro atoms. The number of carbonyl (C=O) groups is 1. The van der Waals surface area contributed by atoms with E-state index in [0.717, 1.165) is 16.9 Å². The molecule has 158 valence electrons. The number of amides is 1. The topological polar surface area (TPSA) is 79.8 Å². The van der Waals surface area contributed by atoms with Crippen LogP contribution < -0.4 is 15.4 Å². The summed E-state index contributed by atoms with van der Waals surface area (Å²) in [5.74, 6) is 0.794. The predicted octanol–water partition coefficient (Wildman–Crippen LogP) is 3.28. The zero-order chi connectivity index (χ0) is 21.3. The van der Waals surface area contributed by atoms with Gasteiger partial charge in [-0.2, -0.15) is 0 Å². The van der Waals surface area contributed by atoms with Gasteiger partial charge in [0.2, 0.25) is 0 Å². The summed E-state index contributed by atoms with van der Waals surface area (Å²) >= 11 is 0. The molecule has 0 unspecified atom stereocenters. The van der Waals surface area contributed by atoms with E-state index >= 15 is 0 Å². The molecule has 0 aliphatic carbocycles. The maximum absolute atomic E-state index is 12.3. The molecule has 0 aliphatic heterocycles. The molecule has 0 bridgehead atoms. The molecule has 1 amide bonds. The highest BCUT2D eigenvalue weighted by Crippen LogP contribution is 2.17. The van der Waals surface area contributed by atoms with Gasteiger partial charge in [0.15, 0.2) is 0 Å². The third-order valence-corrected chi connectivity index (χ3v) is 4.33. The molecule has 29 heavy (non-hydrogen) atoms. The maximum atomic E-state index is 12.3. The van der Waals surface area contributed by atoms with E-state index in [-0.39, 0.29) is 0 Å². The average molecular weight is 401 g/mol. The molecule has 0 heterocycles. The van der Waals surface area contributed by atoms with E-state index in [1.807, 2.05) is 75.4 Å². The van der Waals surface area contributed by atoms with Crippen LogP contribution in [0.5, 0.6) is 5.75 Å². The van der Waals surface area contributed by atoms with E-state index in [1.165, 1.54) is 0 Å². The summed E-state index contributed by atoms with van der Waals surface area (Å²) in [4.78, 5) is 12.3. The molecule has 2 aromatic carbocycles. The number of hydrogen-bond acceptors (Lipinski definition) is 5. The molecule has 0 saturated carbocycles. The number of rotatable bonds is 9. The van der Waals surface area contributed by atoms with Gasteiger partial charge in [-0.05, 0) is 38.8 Å². The van der Waals surface area contributed by atoms with Gasteiger partial charge in [0, 0.05) is 18.7 Å².